The van der Waals surface area contributed by atoms with Crippen molar-refractivity contribution >= 4 is 23.3 Å². The van der Waals surface area contributed by atoms with Crippen molar-refractivity contribution in [2.45, 2.75) is 26.7 Å². The van der Waals surface area contributed by atoms with Crippen LogP contribution in [0.5, 0.6) is 0 Å². The van der Waals surface area contributed by atoms with Gasteiger partial charge in [-0.15, -0.1) is 11.3 Å². The molecule has 1 aromatic carbocycles. The van der Waals surface area contributed by atoms with E-state index in [0.29, 0.717) is 5.92 Å². The maximum Gasteiger partial charge on any atom is 0.426 e. The molecule has 1 heterocycles. The van der Waals surface area contributed by atoms with Crippen molar-refractivity contribution < 1.29 is 14.3 Å². The molecule has 2 rings (SSSR count). The molecule has 0 bridgehead atoms. The highest BCUT2D eigenvalue weighted by Crippen LogP contribution is 2.25. The van der Waals surface area contributed by atoms with Crippen molar-refractivity contribution in [2.24, 2.45) is 0 Å². The normalized spacial score (nSPS) is 10.4. The molecule has 2 amide bonds. The van der Waals surface area contributed by atoms with Gasteiger partial charge < -0.3 is 4.74 Å². The highest BCUT2D eigenvalue weighted by atomic mass is 32.1. The van der Waals surface area contributed by atoms with Crippen molar-refractivity contribution in [1.82, 2.24) is 15.8 Å². The van der Waals surface area contributed by atoms with Crippen LogP contribution in [0.3, 0.4) is 0 Å². The largest absolute Gasteiger partial charge is 0.449 e. The van der Waals surface area contributed by atoms with Crippen LogP contribution < -0.4 is 10.9 Å². The summed E-state index contributed by atoms with van der Waals surface area (Å²) in [6.07, 6.45) is -0.708. The second kappa shape index (κ2) is 7.73. The summed E-state index contributed by atoms with van der Waals surface area (Å²) in [6.45, 7) is 6.18. The quantitative estimate of drug-likeness (QED) is 0.841. The second-order valence-corrected chi connectivity index (χ2v) is 5.97. The van der Waals surface area contributed by atoms with Crippen molar-refractivity contribution in [3.63, 3.8) is 0 Å². The minimum atomic E-state index is -0.708. The predicted molar refractivity (Wildman–Crippen MR) is 89.3 cm³/mol. The van der Waals surface area contributed by atoms with Crippen LogP contribution in [0.15, 0.2) is 29.6 Å². The number of carbonyl (C=O) groups excluding carboxylic acids is 2. The van der Waals surface area contributed by atoms with E-state index in [2.05, 4.69) is 46.6 Å². The number of nitrogens with one attached hydrogen (secondary N) is 2. The summed E-state index contributed by atoms with van der Waals surface area (Å²) >= 11 is 1.37. The van der Waals surface area contributed by atoms with Crippen molar-refractivity contribution in [3.8, 4) is 10.6 Å². The van der Waals surface area contributed by atoms with Crippen LogP contribution >= 0.6 is 11.3 Å². The lowest BCUT2D eigenvalue weighted by atomic mass is 10.0. The molecule has 0 aliphatic heterocycles. The van der Waals surface area contributed by atoms with Gasteiger partial charge in [-0.05, 0) is 18.4 Å². The average molecular weight is 333 g/mol. The van der Waals surface area contributed by atoms with E-state index in [-0.39, 0.29) is 12.3 Å². The fourth-order valence-corrected chi connectivity index (χ4v) is 2.67. The third-order valence-electron chi connectivity index (χ3n) is 3.11. The Bertz CT molecular complexity index is 680. The zero-order valence-corrected chi connectivity index (χ0v) is 14.1. The maximum absolute atomic E-state index is 11.9. The van der Waals surface area contributed by atoms with Crippen molar-refractivity contribution in [2.75, 3.05) is 6.61 Å². The Hall–Kier alpha value is -2.41. The number of benzene rings is 1. The van der Waals surface area contributed by atoms with Crippen LogP contribution in [-0.4, -0.2) is 23.6 Å². The lowest BCUT2D eigenvalue weighted by Crippen LogP contribution is -2.42. The van der Waals surface area contributed by atoms with Gasteiger partial charge >= 0.3 is 6.09 Å². The smallest absolute Gasteiger partial charge is 0.426 e. The molecule has 23 heavy (non-hydrogen) atoms. The zero-order valence-electron chi connectivity index (χ0n) is 13.3. The fraction of sp³-hybridized carbons (Fsp3) is 0.312. The number of hydrogen-bond acceptors (Lipinski definition) is 5. The summed E-state index contributed by atoms with van der Waals surface area (Å²) in [7, 11) is 0. The molecular formula is C16H19N3O3S. The van der Waals surface area contributed by atoms with Gasteiger partial charge in [-0.25, -0.2) is 15.2 Å². The van der Waals surface area contributed by atoms with Gasteiger partial charge in [0, 0.05) is 10.9 Å². The number of ether oxygens (including phenoxy) is 1. The van der Waals surface area contributed by atoms with Gasteiger partial charge in [0.15, 0.2) is 0 Å². The number of hydrogen-bond donors (Lipinski definition) is 2. The van der Waals surface area contributed by atoms with Gasteiger partial charge in [0.25, 0.3) is 5.91 Å². The Morgan fingerprint density at radius 3 is 2.52 bits per heavy atom. The van der Waals surface area contributed by atoms with Crippen LogP contribution in [0.25, 0.3) is 10.6 Å². The standard InChI is InChI=1S/C16H19N3O3S/c1-4-22-16(21)19-18-14(20)13-9-23-15(17-13)12-7-5-11(6-8-12)10(2)3/h5-10H,4H2,1-3H3,(H,18,20)(H,19,21). The van der Waals surface area contributed by atoms with E-state index in [4.69, 9.17) is 0 Å². The number of rotatable bonds is 4. The Morgan fingerprint density at radius 1 is 1.22 bits per heavy atom. The first-order valence-corrected chi connectivity index (χ1v) is 8.18. The molecule has 0 saturated carbocycles. The van der Waals surface area contributed by atoms with Gasteiger partial charge in [0.1, 0.15) is 10.7 Å². The molecule has 1 aromatic heterocycles. The number of hydrazine groups is 1. The molecule has 0 unspecified atom stereocenters. The summed E-state index contributed by atoms with van der Waals surface area (Å²) in [4.78, 5) is 27.3. The highest BCUT2D eigenvalue weighted by molar-refractivity contribution is 7.13. The third kappa shape index (κ3) is 4.53. The third-order valence-corrected chi connectivity index (χ3v) is 4.01. The molecule has 6 nitrogen and oxygen atoms in total. The van der Waals surface area contributed by atoms with E-state index in [9.17, 15) is 9.59 Å². The molecule has 0 fully saturated rings. The first-order valence-electron chi connectivity index (χ1n) is 7.30. The van der Waals surface area contributed by atoms with Crippen molar-refractivity contribution in [1.29, 1.82) is 0 Å². The van der Waals surface area contributed by atoms with E-state index in [1.54, 1.807) is 12.3 Å². The van der Waals surface area contributed by atoms with Crippen LogP contribution in [0, 0.1) is 0 Å². The number of carbonyl (C=O) groups is 2. The molecule has 2 N–H and O–H groups in total. The first kappa shape index (κ1) is 17.0. The Kier molecular flexibility index (Phi) is 5.70. The summed E-state index contributed by atoms with van der Waals surface area (Å²) < 4.78 is 4.65. The lowest BCUT2D eigenvalue weighted by Gasteiger charge is -2.05. The molecule has 0 atom stereocenters. The minimum Gasteiger partial charge on any atom is -0.449 e. The molecular weight excluding hydrogens is 314 g/mol. The Labute approximate surface area is 138 Å². The molecule has 0 aliphatic carbocycles. The Balaban J connectivity index is 2.02. The molecule has 0 radical (unpaired) electrons. The second-order valence-electron chi connectivity index (χ2n) is 5.11. The molecule has 0 spiro atoms. The van der Waals surface area contributed by atoms with Gasteiger partial charge in [-0.3, -0.25) is 10.2 Å². The predicted octanol–water partition coefficient (Wildman–Crippen LogP) is 3.32. The summed E-state index contributed by atoms with van der Waals surface area (Å²) in [5.41, 5.74) is 6.86. The van der Waals surface area contributed by atoms with E-state index < -0.39 is 12.0 Å². The van der Waals surface area contributed by atoms with Gasteiger partial charge in [-0.1, -0.05) is 38.1 Å². The lowest BCUT2D eigenvalue weighted by molar-refractivity contribution is 0.0908. The molecule has 7 heteroatoms. The molecule has 0 aliphatic rings. The molecule has 2 aromatic rings. The van der Waals surface area contributed by atoms with Crippen LogP contribution in [0.2, 0.25) is 0 Å². The Morgan fingerprint density at radius 2 is 1.91 bits per heavy atom. The number of thiazole rings is 1. The zero-order chi connectivity index (χ0) is 16.8. The maximum atomic E-state index is 11.9. The SMILES string of the molecule is CCOC(=O)NNC(=O)c1csc(-c2ccc(C(C)C)cc2)n1. The highest BCUT2D eigenvalue weighted by Gasteiger charge is 2.13. The van der Waals surface area contributed by atoms with Crippen molar-refractivity contribution in [3.05, 3.63) is 40.9 Å². The van der Waals surface area contributed by atoms with Gasteiger partial charge in [0.05, 0.1) is 6.61 Å². The molecule has 0 saturated heterocycles. The van der Waals surface area contributed by atoms with E-state index in [0.717, 1.165) is 10.6 Å². The summed E-state index contributed by atoms with van der Waals surface area (Å²) in [5.74, 6) is -0.0185. The van der Waals surface area contributed by atoms with Gasteiger partial charge in [-0.2, -0.15) is 0 Å². The summed E-state index contributed by atoms with van der Waals surface area (Å²) in [5, 5.41) is 2.40. The number of amides is 2. The van der Waals surface area contributed by atoms with Crippen LogP contribution in [0.1, 0.15) is 42.7 Å². The first-order chi connectivity index (χ1) is 11.0. The van der Waals surface area contributed by atoms with Gasteiger partial charge in [0.2, 0.25) is 0 Å². The fourth-order valence-electron chi connectivity index (χ4n) is 1.86. The summed E-state index contributed by atoms with van der Waals surface area (Å²) in [6, 6.07) is 8.10. The topological polar surface area (TPSA) is 80.3 Å². The van der Waals surface area contributed by atoms with Crippen LogP contribution in [-0.2, 0) is 4.74 Å². The van der Waals surface area contributed by atoms with Crippen LogP contribution in [0.4, 0.5) is 4.79 Å². The monoisotopic (exact) mass is 333 g/mol. The van der Waals surface area contributed by atoms with E-state index >= 15 is 0 Å². The average Bonchev–Trinajstić information content (AvgIpc) is 3.03. The molecule has 122 valence electrons. The number of aromatic nitrogens is 1. The van der Waals surface area contributed by atoms with E-state index in [1.165, 1.54) is 16.9 Å². The van der Waals surface area contributed by atoms with E-state index in [1.807, 2.05) is 12.1 Å². The minimum absolute atomic E-state index is 0.231. The number of nitrogens with zero attached hydrogens (tertiary/aromatic N) is 1.